The first-order valence-electron chi connectivity index (χ1n) is 14.9. The van der Waals surface area contributed by atoms with Crippen LogP contribution in [0.3, 0.4) is 0 Å². The van der Waals surface area contributed by atoms with Gasteiger partial charge < -0.3 is 38.3 Å². The molecule has 0 unspecified atom stereocenters. The average Bonchev–Trinajstić information content (AvgIpc) is 3.62. The van der Waals surface area contributed by atoms with Crippen LogP contribution in [0.15, 0.2) is 40.9 Å². The predicted molar refractivity (Wildman–Crippen MR) is 161 cm³/mol. The molecule has 0 amide bonds. The molecule has 14 heteroatoms. The average molecular weight is 636 g/mol. The van der Waals surface area contributed by atoms with Crippen molar-refractivity contribution in [3.8, 4) is 17.7 Å². The van der Waals surface area contributed by atoms with Gasteiger partial charge in [0.15, 0.2) is 17.2 Å². The van der Waals surface area contributed by atoms with Crippen molar-refractivity contribution < 1.29 is 42.0 Å². The summed E-state index contributed by atoms with van der Waals surface area (Å²) in [5.41, 5.74) is 1.62. The summed E-state index contributed by atoms with van der Waals surface area (Å²) in [7, 11) is 1.56. The Balaban J connectivity index is 1.25. The van der Waals surface area contributed by atoms with Crippen molar-refractivity contribution >= 4 is 39.5 Å². The quantitative estimate of drug-likeness (QED) is 0.296. The first kappa shape index (κ1) is 30.1. The summed E-state index contributed by atoms with van der Waals surface area (Å²) in [6.45, 7) is 4.30. The maximum absolute atomic E-state index is 14.0. The van der Waals surface area contributed by atoms with Crippen LogP contribution in [0.2, 0.25) is 0 Å². The summed E-state index contributed by atoms with van der Waals surface area (Å²) < 4.78 is 57.1. The highest BCUT2D eigenvalue weighted by Crippen LogP contribution is 2.41. The number of fused-ring (bicyclic) bond motifs is 3. The van der Waals surface area contributed by atoms with Gasteiger partial charge in [-0.3, -0.25) is 0 Å². The summed E-state index contributed by atoms with van der Waals surface area (Å²) in [4.78, 5) is 28.9. The molecule has 3 aliphatic heterocycles. The van der Waals surface area contributed by atoms with Crippen LogP contribution in [0, 0.1) is 11.8 Å². The monoisotopic (exact) mass is 635 g/mol. The number of para-hydroxylation sites is 1. The van der Waals surface area contributed by atoms with E-state index >= 15 is 0 Å². The molecule has 3 fully saturated rings. The lowest BCUT2D eigenvalue weighted by atomic mass is 9.90. The topological polar surface area (TPSA) is 133 Å². The van der Waals surface area contributed by atoms with Gasteiger partial charge in [-0.15, -0.1) is 0 Å². The number of halogens is 2. The number of carbonyl (C=O) groups is 1. The van der Waals surface area contributed by atoms with E-state index in [9.17, 15) is 18.7 Å². The molecule has 0 saturated carbocycles. The van der Waals surface area contributed by atoms with E-state index in [1.54, 1.807) is 37.6 Å². The highest BCUT2D eigenvalue weighted by Gasteiger charge is 2.50. The molecule has 6 heterocycles. The second-order valence-electron chi connectivity index (χ2n) is 11.5. The zero-order chi connectivity index (χ0) is 32.0. The lowest BCUT2D eigenvalue weighted by Gasteiger charge is -2.53. The molecule has 0 radical (unpaired) electrons. The van der Waals surface area contributed by atoms with E-state index in [-0.39, 0.29) is 42.5 Å². The van der Waals surface area contributed by atoms with E-state index in [4.69, 9.17) is 23.4 Å². The molecule has 12 nitrogen and oxygen atoms in total. The Morgan fingerprint density at radius 2 is 2.07 bits per heavy atom. The standard InChI is InChI=1S/C32H31F2N5O7/c1-18-32(16-43-17-32)44-11-9-38(18)22-12-19(6-5-10-42-2)14-35-30(22)45-20-13-23(31(40)41)39(15-20)29-26-25(36-28(37-29)27(33)34)21-7-3-4-8-24(21)46-26/h3-4,7-8,12,14,18,20,23,27H,9-11,13,15-17H2,1-2H3,(H,40,41)/t18-,20-,23-/m0/s1. The fourth-order valence-electron chi connectivity index (χ4n) is 6.31. The van der Waals surface area contributed by atoms with Gasteiger partial charge in [0.1, 0.15) is 41.1 Å². The van der Waals surface area contributed by atoms with Gasteiger partial charge in [-0.2, -0.15) is 0 Å². The summed E-state index contributed by atoms with van der Waals surface area (Å²) in [6.07, 6.45) is -2.03. The minimum Gasteiger partial charge on any atom is -0.480 e. The Morgan fingerprint density at radius 1 is 1.24 bits per heavy atom. The van der Waals surface area contributed by atoms with Crippen molar-refractivity contribution in [1.82, 2.24) is 15.0 Å². The van der Waals surface area contributed by atoms with Crippen molar-refractivity contribution in [2.75, 3.05) is 56.4 Å². The number of furan rings is 1. The number of rotatable bonds is 7. The lowest BCUT2D eigenvalue weighted by molar-refractivity contribution is -0.228. The van der Waals surface area contributed by atoms with Crippen LogP contribution in [0.5, 0.6) is 5.88 Å². The van der Waals surface area contributed by atoms with Crippen molar-refractivity contribution in [3.63, 3.8) is 0 Å². The van der Waals surface area contributed by atoms with Gasteiger partial charge in [0, 0.05) is 37.2 Å². The third kappa shape index (κ3) is 5.24. The van der Waals surface area contributed by atoms with Crippen LogP contribution < -0.4 is 14.5 Å². The molecular formula is C32H31F2N5O7. The molecule has 0 bridgehead atoms. The molecule has 1 spiro atoms. The molecular weight excluding hydrogens is 604 g/mol. The zero-order valence-corrected chi connectivity index (χ0v) is 25.1. The second kappa shape index (κ2) is 12.0. The van der Waals surface area contributed by atoms with E-state index in [0.717, 1.165) is 0 Å². The molecule has 1 aromatic carbocycles. The Kier molecular flexibility index (Phi) is 7.83. The minimum atomic E-state index is -2.98. The molecule has 46 heavy (non-hydrogen) atoms. The number of carboxylic acid groups (broad SMARTS) is 1. The van der Waals surface area contributed by atoms with E-state index in [2.05, 4.69) is 38.6 Å². The van der Waals surface area contributed by atoms with E-state index in [1.807, 2.05) is 6.07 Å². The van der Waals surface area contributed by atoms with Gasteiger partial charge in [0.25, 0.3) is 6.43 Å². The number of carboxylic acids is 1. The molecule has 1 N–H and O–H groups in total. The minimum absolute atomic E-state index is 0.0236. The number of nitrogens with zero attached hydrogens (tertiary/aromatic N) is 5. The van der Waals surface area contributed by atoms with Crippen LogP contribution in [0.4, 0.5) is 20.3 Å². The lowest BCUT2D eigenvalue weighted by Crippen LogP contribution is -2.68. The first-order valence-corrected chi connectivity index (χ1v) is 14.9. The molecule has 7 rings (SSSR count). The van der Waals surface area contributed by atoms with Crippen molar-refractivity contribution in [2.24, 2.45) is 0 Å². The van der Waals surface area contributed by atoms with Crippen LogP contribution in [0.1, 0.15) is 31.2 Å². The van der Waals surface area contributed by atoms with Gasteiger partial charge in [-0.05, 0) is 25.1 Å². The number of methoxy groups -OCH3 is 1. The van der Waals surface area contributed by atoms with Crippen LogP contribution in [-0.4, -0.2) is 96.4 Å². The summed E-state index contributed by atoms with van der Waals surface area (Å²) in [6, 6.07) is 7.57. The third-order valence-electron chi connectivity index (χ3n) is 8.75. The van der Waals surface area contributed by atoms with Crippen LogP contribution in [0.25, 0.3) is 22.1 Å². The number of pyridine rings is 1. The van der Waals surface area contributed by atoms with E-state index in [0.29, 0.717) is 54.5 Å². The van der Waals surface area contributed by atoms with Gasteiger partial charge in [-0.25, -0.2) is 28.5 Å². The maximum Gasteiger partial charge on any atom is 0.326 e. The molecule has 3 saturated heterocycles. The number of hydrogen-bond donors (Lipinski definition) is 1. The van der Waals surface area contributed by atoms with Crippen LogP contribution in [-0.2, 0) is 19.0 Å². The fraction of sp³-hybridized carbons (Fsp3) is 0.438. The summed E-state index contributed by atoms with van der Waals surface area (Å²) in [5.74, 6) is 4.39. The van der Waals surface area contributed by atoms with E-state index < -0.39 is 36.0 Å². The van der Waals surface area contributed by atoms with Gasteiger partial charge >= 0.3 is 5.97 Å². The molecule has 0 aliphatic carbocycles. The Labute approximate surface area is 262 Å². The van der Waals surface area contributed by atoms with Crippen molar-refractivity contribution in [3.05, 3.63) is 47.9 Å². The van der Waals surface area contributed by atoms with E-state index in [1.165, 1.54) is 4.90 Å². The predicted octanol–water partition coefficient (Wildman–Crippen LogP) is 3.81. The summed E-state index contributed by atoms with van der Waals surface area (Å²) in [5, 5.41) is 10.8. The number of ether oxygens (including phenoxy) is 4. The number of alkyl halides is 2. The Hall–Kier alpha value is -4.58. The number of aromatic nitrogens is 3. The smallest absolute Gasteiger partial charge is 0.326 e. The SMILES string of the molecule is COCC#Cc1cnc(O[C@H]2C[C@@H](C(=O)O)N(c3nc(C(F)F)nc4c3oc3ccccc34)C2)c(N2CCOC3(COC3)[C@@H]2C)c1. The van der Waals surface area contributed by atoms with Gasteiger partial charge in [0.2, 0.25) is 5.88 Å². The van der Waals surface area contributed by atoms with Gasteiger partial charge in [-0.1, -0.05) is 24.0 Å². The largest absolute Gasteiger partial charge is 0.480 e. The van der Waals surface area contributed by atoms with Crippen LogP contribution >= 0.6 is 0 Å². The summed E-state index contributed by atoms with van der Waals surface area (Å²) >= 11 is 0. The third-order valence-corrected chi connectivity index (χ3v) is 8.75. The molecule has 3 aliphatic rings. The first-order chi connectivity index (χ1) is 22.3. The number of hydrogen-bond acceptors (Lipinski definition) is 11. The second-order valence-corrected chi connectivity index (χ2v) is 11.5. The molecule has 3 aromatic heterocycles. The number of anilines is 2. The Morgan fingerprint density at radius 3 is 2.80 bits per heavy atom. The normalized spacial score (nSPS) is 22.3. The number of benzene rings is 1. The highest BCUT2D eigenvalue weighted by molar-refractivity contribution is 6.06. The highest BCUT2D eigenvalue weighted by atomic mass is 19.3. The fourth-order valence-corrected chi connectivity index (χ4v) is 6.31. The Bertz CT molecular complexity index is 1850. The molecule has 4 aromatic rings. The maximum atomic E-state index is 14.0. The van der Waals surface area contributed by atoms with Crippen molar-refractivity contribution in [2.45, 2.75) is 43.6 Å². The number of aliphatic carboxylic acids is 1. The molecule has 240 valence electrons. The number of morpholine rings is 1. The van der Waals surface area contributed by atoms with Crippen molar-refractivity contribution in [1.29, 1.82) is 0 Å². The van der Waals surface area contributed by atoms with Gasteiger partial charge in [0.05, 0.1) is 32.4 Å². The molecule has 3 atom stereocenters. The zero-order valence-electron chi connectivity index (χ0n) is 25.1.